The van der Waals surface area contributed by atoms with Gasteiger partial charge in [-0.15, -0.1) is 0 Å². The van der Waals surface area contributed by atoms with Gasteiger partial charge in [0, 0.05) is 23.8 Å². The number of non-ortho nitro benzene ring substituents is 1. The summed E-state index contributed by atoms with van der Waals surface area (Å²) in [6, 6.07) is 7.05. The maximum absolute atomic E-state index is 11.9. The quantitative estimate of drug-likeness (QED) is 0.160. The molecule has 0 amide bonds. The molecular weight excluding hydrogens is 397 g/mol. The molecule has 0 aliphatic rings. The zero-order valence-corrected chi connectivity index (χ0v) is 13.0. The number of nitro groups is 1. The van der Waals surface area contributed by atoms with Crippen LogP contribution in [0.5, 0.6) is 0 Å². The van der Waals surface area contributed by atoms with E-state index in [1.807, 2.05) is 0 Å². The molecule has 0 bridgehead atoms. The van der Waals surface area contributed by atoms with Crippen LogP contribution in [0.1, 0.15) is 10.4 Å². The van der Waals surface area contributed by atoms with Crippen LogP contribution in [0.4, 0.5) is 5.69 Å². The second kappa shape index (κ2) is 7.25. The predicted octanol–water partition coefficient (Wildman–Crippen LogP) is -1.18. The lowest BCUT2D eigenvalue weighted by Crippen LogP contribution is -3.00. The van der Waals surface area contributed by atoms with Crippen molar-refractivity contribution < 1.29 is 38.3 Å². The van der Waals surface area contributed by atoms with Crippen molar-refractivity contribution in [2.75, 3.05) is 0 Å². The first kappa shape index (κ1) is 16.4. The Morgan fingerprint density at radius 2 is 1.95 bits per heavy atom. The Bertz CT molecular complexity index is 617. The van der Waals surface area contributed by atoms with Gasteiger partial charge >= 0.3 is 0 Å². The van der Waals surface area contributed by atoms with Crippen LogP contribution in [0.3, 0.4) is 0 Å². The van der Waals surface area contributed by atoms with Crippen LogP contribution in [0, 0.1) is 10.1 Å². The van der Waals surface area contributed by atoms with Gasteiger partial charge in [0.05, 0.1) is 11.1 Å². The summed E-state index contributed by atoms with van der Waals surface area (Å²) in [6.07, 6.45) is 3.09. The van der Waals surface area contributed by atoms with Crippen molar-refractivity contribution in [3.8, 4) is 0 Å². The van der Waals surface area contributed by atoms with E-state index in [4.69, 9.17) is 11.6 Å². The number of carbonyl (C=O) groups excluding carboxylic acids is 1. The standard InChI is InChI=1S/C12H9ClN3O3.HI/c13-12-5-6-15(8-14-12)7-11(17)9-1-3-10(4-2-9)16(18)19;/h1-6,8H,7H2;1H/q+1;/p-1. The SMILES string of the molecule is O=C(C[n+]1ccc(Cl)nc1)c1ccc([N+](=O)[O-])cc1.[I-]. The molecule has 0 atom stereocenters. The largest absolute Gasteiger partial charge is 1.00 e. The van der Waals surface area contributed by atoms with Crippen LogP contribution in [0.15, 0.2) is 42.9 Å². The molecule has 0 unspecified atom stereocenters. The maximum atomic E-state index is 11.9. The number of Topliss-reactive ketones (excluding diaryl/α,β-unsaturated/α-hetero) is 1. The van der Waals surface area contributed by atoms with E-state index in [9.17, 15) is 14.9 Å². The number of hydrogen-bond donors (Lipinski definition) is 0. The monoisotopic (exact) mass is 405 g/mol. The Morgan fingerprint density at radius 3 is 2.45 bits per heavy atom. The van der Waals surface area contributed by atoms with Gasteiger partial charge < -0.3 is 24.0 Å². The van der Waals surface area contributed by atoms with Crippen molar-refractivity contribution >= 4 is 23.1 Å². The minimum absolute atomic E-state index is 0. The Kier molecular flexibility index (Phi) is 5.96. The van der Waals surface area contributed by atoms with E-state index in [0.717, 1.165) is 0 Å². The first-order valence-electron chi connectivity index (χ1n) is 5.34. The summed E-state index contributed by atoms with van der Waals surface area (Å²) in [5.74, 6) is -0.163. The molecule has 0 N–H and O–H groups in total. The number of nitrogens with zero attached hydrogens (tertiary/aromatic N) is 3. The molecule has 6 nitrogen and oxygen atoms in total. The number of rotatable bonds is 4. The molecule has 1 aromatic carbocycles. The third-order valence-corrected chi connectivity index (χ3v) is 2.68. The zero-order chi connectivity index (χ0) is 13.8. The molecule has 104 valence electrons. The van der Waals surface area contributed by atoms with Gasteiger partial charge in [0.25, 0.3) is 12.0 Å². The van der Waals surface area contributed by atoms with Gasteiger partial charge in [-0.1, -0.05) is 0 Å². The van der Waals surface area contributed by atoms with E-state index in [1.165, 1.54) is 30.6 Å². The Balaban J connectivity index is 0.00000200. The molecule has 1 aromatic heterocycles. The number of nitro benzene ring substituents is 1. The van der Waals surface area contributed by atoms with Gasteiger partial charge in [-0.25, -0.2) is 4.57 Å². The lowest BCUT2D eigenvalue weighted by atomic mass is 10.1. The van der Waals surface area contributed by atoms with E-state index in [-0.39, 0.29) is 42.0 Å². The fourth-order valence-corrected chi connectivity index (χ4v) is 1.59. The van der Waals surface area contributed by atoms with Crippen LogP contribution in [0.2, 0.25) is 5.15 Å². The van der Waals surface area contributed by atoms with Crippen molar-refractivity contribution in [3.05, 3.63) is 63.7 Å². The first-order chi connectivity index (χ1) is 9.06. The van der Waals surface area contributed by atoms with Crippen LogP contribution < -0.4 is 28.5 Å². The topological polar surface area (TPSA) is 77.0 Å². The van der Waals surface area contributed by atoms with Crippen molar-refractivity contribution in [1.82, 2.24) is 4.98 Å². The van der Waals surface area contributed by atoms with Crippen LogP contribution >= 0.6 is 11.6 Å². The third-order valence-electron chi connectivity index (χ3n) is 2.46. The maximum Gasteiger partial charge on any atom is 0.288 e. The number of hydrogen-bond acceptors (Lipinski definition) is 4. The molecule has 20 heavy (non-hydrogen) atoms. The van der Waals surface area contributed by atoms with Crippen molar-refractivity contribution in [1.29, 1.82) is 0 Å². The molecule has 0 saturated heterocycles. The summed E-state index contributed by atoms with van der Waals surface area (Å²) >= 11 is 5.64. The average Bonchev–Trinajstić information content (AvgIpc) is 2.41. The van der Waals surface area contributed by atoms with Crippen molar-refractivity contribution in [3.63, 3.8) is 0 Å². The molecular formula is C12H9ClIN3O3. The van der Waals surface area contributed by atoms with Gasteiger partial charge in [0.1, 0.15) is 0 Å². The Morgan fingerprint density at radius 1 is 1.30 bits per heavy atom. The van der Waals surface area contributed by atoms with Crippen molar-refractivity contribution in [2.45, 2.75) is 6.54 Å². The number of aromatic nitrogens is 2. The molecule has 1 heterocycles. The summed E-state index contributed by atoms with van der Waals surface area (Å²) < 4.78 is 1.58. The fraction of sp³-hybridized carbons (Fsp3) is 0.0833. The van der Waals surface area contributed by atoms with E-state index in [1.54, 1.807) is 16.8 Å². The van der Waals surface area contributed by atoms with Crippen molar-refractivity contribution in [2.24, 2.45) is 0 Å². The highest BCUT2D eigenvalue weighted by Crippen LogP contribution is 2.12. The smallest absolute Gasteiger partial charge is 0.288 e. The highest BCUT2D eigenvalue weighted by molar-refractivity contribution is 6.29. The summed E-state index contributed by atoms with van der Waals surface area (Å²) in [7, 11) is 0. The Labute approximate surface area is 136 Å². The van der Waals surface area contributed by atoms with Crippen LogP contribution in [0.25, 0.3) is 0 Å². The van der Waals surface area contributed by atoms with E-state index < -0.39 is 4.92 Å². The van der Waals surface area contributed by atoms with Crippen LogP contribution in [-0.2, 0) is 6.54 Å². The van der Waals surface area contributed by atoms with E-state index >= 15 is 0 Å². The summed E-state index contributed by atoms with van der Waals surface area (Å²) in [6.45, 7) is 0.0992. The fourth-order valence-electron chi connectivity index (χ4n) is 1.49. The van der Waals surface area contributed by atoms with Gasteiger partial charge in [-0.05, 0) is 28.7 Å². The number of ketones is 1. The predicted molar refractivity (Wildman–Crippen MR) is 66.9 cm³/mol. The third kappa shape index (κ3) is 4.20. The molecule has 2 aromatic rings. The second-order valence-corrected chi connectivity index (χ2v) is 4.17. The van der Waals surface area contributed by atoms with Crippen LogP contribution in [-0.4, -0.2) is 15.7 Å². The summed E-state index contributed by atoms with van der Waals surface area (Å²) in [4.78, 5) is 25.8. The normalized spacial score (nSPS) is 9.65. The molecule has 0 aliphatic heterocycles. The molecule has 0 aliphatic carbocycles. The summed E-state index contributed by atoms with van der Waals surface area (Å²) in [5.41, 5.74) is 0.366. The second-order valence-electron chi connectivity index (χ2n) is 3.78. The summed E-state index contributed by atoms with van der Waals surface area (Å²) in [5, 5.41) is 10.8. The molecule has 0 saturated carbocycles. The lowest BCUT2D eigenvalue weighted by molar-refractivity contribution is -0.686. The van der Waals surface area contributed by atoms with Gasteiger partial charge in [0.2, 0.25) is 10.9 Å². The van der Waals surface area contributed by atoms with Gasteiger partial charge in [-0.2, -0.15) is 0 Å². The van der Waals surface area contributed by atoms with E-state index in [0.29, 0.717) is 10.7 Å². The minimum atomic E-state index is -0.508. The number of halogens is 2. The molecule has 0 spiro atoms. The van der Waals surface area contributed by atoms with Gasteiger partial charge in [-0.3, -0.25) is 14.9 Å². The first-order valence-corrected chi connectivity index (χ1v) is 5.72. The molecule has 2 rings (SSSR count). The number of carbonyl (C=O) groups is 1. The zero-order valence-electron chi connectivity index (χ0n) is 10.1. The lowest BCUT2D eigenvalue weighted by Gasteiger charge is -1.99. The molecule has 8 heteroatoms. The molecule has 0 radical (unpaired) electrons. The minimum Gasteiger partial charge on any atom is -1.00 e. The average molecular weight is 406 g/mol. The molecule has 0 fully saturated rings. The highest BCUT2D eigenvalue weighted by Gasteiger charge is 2.12. The van der Waals surface area contributed by atoms with Gasteiger partial charge in [0.15, 0.2) is 6.54 Å². The van der Waals surface area contributed by atoms with E-state index in [2.05, 4.69) is 4.98 Å². The highest BCUT2D eigenvalue weighted by atomic mass is 127. The Hall–Kier alpha value is -1.61. The number of benzene rings is 1.